The van der Waals surface area contributed by atoms with Crippen LogP contribution in [-0.2, 0) is 11.2 Å². The van der Waals surface area contributed by atoms with Crippen LogP contribution in [0.3, 0.4) is 0 Å². The van der Waals surface area contributed by atoms with E-state index in [4.69, 9.17) is 5.11 Å². The highest BCUT2D eigenvalue weighted by atomic mass is 16.4. The highest BCUT2D eigenvalue weighted by Crippen LogP contribution is 2.22. The number of aromatic hydroxyl groups is 1. The van der Waals surface area contributed by atoms with Crippen molar-refractivity contribution in [3.8, 4) is 5.75 Å². The summed E-state index contributed by atoms with van der Waals surface area (Å²) in [6.07, 6.45) is 11.1. The minimum Gasteiger partial charge on any atom is -0.508 e. The van der Waals surface area contributed by atoms with Crippen molar-refractivity contribution in [2.75, 3.05) is 0 Å². The number of hydrogen-bond donors (Lipinski definition) is 2. The molecular weight excluding hydrogens is 276 g/mol. The summed E-state index contributed by atoms with van der Waals surface area (Å²) in [5.41, 5.74) is 2.36. The molecule has 0 aliphatic carbocycles. The number of carbonyl (C=O) groups is 1. The monoisotopic (exact) mass is 306 g/mol. The highest BCUT2D eigenvalue weighted by Gasteiger charge is 2.03. The largest absolute Gasteiger partial charge is 0.508 e. The number of aryl methyl sites for hydroxylation is 1. The Morgan fingerprint density at radius 1 is 1.14 bits per heavy atom. The van der Waals surface area contributed by atoms with E-state index in [0.717, 1.165) is 18.1 Å². The summed E-state index contributed by atoms with van der Waals surface area (Å²) in [5, 5.41) is 17.4. The Morgan fingerprint density at radius 3 is 2.18 bits per heavy atom. The molecule has 0 spiro atoms. The molecule has 0 aromatic heterocycles. The Hall–Kier alpha value is -1.77. The van der Waals surface area contributed by atoms with Gasteiger partial charge in [-0.2, -0.15) is 0 Å². The number of rotatable bonds is 9. The first-order chi connectivity index (χ1) is 10.5. The lowest BCUT2D eigenvalue weighted by molar-refractivity contribution is -0.131. The molecule has 0 atom stereocenters. The Kier molecular flexibility index (Phi) is 11.9. The van der Waals surface area contributed by atoms with Gasteiger partial charge >= 0.3 is 5.97 Å². The Bertz CT molecular complexity index is 418. The van der Waals surface area contributed by atoms with E-state index in [1.807, 2.05) is 6.07 Å². The number of aliphatic carboxylic acids is 1. The van der Waals surface area contributed by atoms with Crippen LogP contribution < -0.4 is 0 Å². The van der Waals surface area contributed by atoms with Crippen molar-refractivity contribution in [1.82, 2.24) is 0 Å². The predicted molar refractivity (Wildman–Crippen MR) is 92.4 cm³/mol. The van der Waals surface area contributed by atoms with Crippen LogP contribution in [0.4, 0.5) is 0 Å². The number of carboxylic acids is 1. The summed E-state index contributed by atoms with van der Waals surface area (Å²) in [6.45, 7) is 7.29. The summed E-state index contributed by atoms with van der Waals surface area (Å²) < 4.78 is 0. The number of phenolic OH excluding ortho intramolecular Hbond substituents is 1. The molecule has 0 saturated carbocycles. The molecule has 0 aliphatic rings. The zero-order valence-electron chi connectivity index (χ0n) is 14.0. The van der Waals surface area contributed by atoms with E-state index in [2.05, 4.69) is 26.5 Å². The van der Waals surface area contributed by atoms with Crippen LogP contribution in [0.25, 0.3) is 0 Å². The van der Waals surface area contributed by atoms with Crippen molar-refractivity contribution >= 4 is 5.97 Å². The van der Waals surface area contributed by atoms with E-state index in [1.165, 1.54) is 50.5 Å². The van der Waals surface area contributed by atoms with E-state index in [1.54, 1.807) is 6.07 Å². The number of benzene rings is 1. The summed E-state index contributed by atoms with van der Waals surface area (Å²) in [7, 11) is 0. The van der Waals surface area contributed by atoms with Gasteiger partial charge in [-0.3, -0.25) is 0 Å². The van der Waals surface area contributed by atoms with Gasteiger partial charge in [0.05, 0.1) is 0 Å². The maximum absolute atomic E-state index is 9.76. The van der Waals surface area contributed by atoms with E-state index >= 15 is 0 Å². The van der Waals surface area contributed by atoms with Gasteiger partial charge in [0.15, 0.2) is 0 Å². The lowest BCUT2D eigenvalue weighted by atomic mass is 10.0. The maximum atomic E-state index is 9.76. The molecule has 0 fully saturated rings. The van der Waals surface area contributed by atoms with Gasteiger partial charge < -0.3 is 10.2 Å². The first-order valence-corrected chi connectivity index (χ1v) is 8.15. The minimum absolute atomic E-state index is 0.469. The molecule has 2 N–H and O–H groups in total. The molecule has 3 heteroatoms. The van der Waals surface area contributed by atoms with Gasteiger partial charge in [0.1, 0.15) is 5.75 Å². The quantitative estimate of drug-likeness (QED) is 0.484. The fourth-order valence-corrected chi connectivity index (χ4v) is 2.27. The van der Waals surface area contributed by atoms with Gasteiger partial charge in [-0.25, -0.2) is 4.79 Å². The first-order valence-electron chi connectivity index (χ1n) is 8.15. The third kappa shape index (κ3) is 10.0. The van der Waals surface area contributed by atoms with Crippen LogP contribution in [0.5, 0.6) is 5.75 Å². The number of hydrogen-bond acceptors (Lipinski definition) is 2. The van der Waals surface area contributed by atoms with Crippen molar-refractivity contribution in [3.05, 3.63) is 42.0 Å². The molecule has 124 valence electrons. The lowest BCUT2D eigenvalue weighted by Gasteiger charge is -2.08. The molecule has 1 aromatic carbocycles. The van der Waals surface area contributed by atoms with Gasteiger partial charge in [0.25, 0.3) is 0 Å². The second kappa shape index (κ2) is 12.9. The zero-order chi connectivity index (χ0) is 16.8. The molecule has 0 radical (unpaired) electrons. The summed E-state index contributed by atoms with van der Waals surface area (Å²) in [4.78, 5) is 9.25. The molecule has 0 unspecified atom stereocenters. The Balaban J connectivity index is 0.000000763. The van der Waals surface area contributed by atoms with E-state index in [9.17, 15) is 9.90 Å². The molecule has 1 rings (SSSR count). The molecule has 22 heavy (non-hydrogen) atoms. The fraction of sp³-hybridized carbons (Fsp3) is 0.526. The molecule has 1 aromatic rings. The van der Waals surface area contributed by atoms with Gasteiger partial charge in [-0.05, 0) is 37.0 Å². The number of phenols is 1. The number of unbranched alkanes of at least 4 members (excludes halogenated alkanes) is 6. The minimum atomic E-state index is -0.981. The molecule has 0 heterocycles. The molecular formula is C19H30O3. The van der Waals surface area contributed by atoms with Crippen LogP contribution >= 0.6 is 0 Å². The average Bonchev–Trinajstić information content (AvgIpc) is 2.49. The summed E-state index contributed by atoms with van der Waals surface area (Å²) in [5.74, 6) is -0.513. The van der Waals surface area contributed by atoms with Gasteiger partial charge in [-0.15, -0.1) is 0 Å². The van der Waals surface area contributed by atoms with Gasteiger partial charge in [-0.1, -0.05) is 64.2 Å². The van der Waals surface area contributed by atoms with Crippen molar-refractivity contribution in [2.45, 2.75) is 65.2 Å². The van der Waals surface area contributed by atoms with Crippen molar-refractivity contribution in [3.63, 3.8) is 0 Å². The van der Waals surface area contributed by atoms with E-state index in [0.29, 0.717) is 5.75 Å². The van der Waals surface area contributed by atoms with Crippen LogP contribution in [0.2, 0.25) is 0 Å². The molecule has 0 aliphatic heterocycles. The SMILES string of the molecule is C=CC(=O)O.CCCCCCCCCc1c(C)cccc1O. The molecule has 3 nitrogen and oxygen atoms in total. The van der Waals surface area contributed by atoms with E-state index in [-0.39, 0.29) is 0 Å². The fourth-order valence-electron chi connectivity index (χ4n) is 2.27. The second-order valence-electron chi connectivity index (χ2n) is 5.49. The molecule has 0 amide bonds. The van der Waals surface area contributed by atoms with Crippen molar-refractivity contribution < 1.29 is 15.0 Å². The standard InChI is InChI=1S/C16H26O.C3H4O2/c1-3-4-5-6-7-8-9-12-15-14(2)11-10-13-16(15)17;1-2-3(4)5/h10-11,13,17H,3-9,12H2,1-2H3;2H,1H2,(H,4,5). The topological polar surface area (TPSA) is 57.5 Å². The van der Waals surface area contributed by atoms with Crippen molar-refractivity contribution in [2.24, 2.45) is 0 Å². The van der Waals surface area contributed by atoms with E-state index < -0.39 is 5.97 Å². The average molecular weight is 306 g/mol. The zero-order valence-corrected chi connectivity index (χ0v) is 14.0. The van der Waals surface area contributed by atoms with Crippen LogP contribution in [0.15, 0.2) is 30.9 Å². The van der Waals surface area contributed by atoms with Crippen LogP contribution in [0.1, 0.15) is 63.0 Å². The maximum Gasteiger partial charge on any atom is 0.327 e. The third-order valence-corrected chi connectivity index (χ3v) is 3.59. The van der Waals surface area contributed by atoms with Gasteiger partial charge in [0, 0.05) is 6.08 Å². The van der Waals surface area contributed by atoms with Crippen molar-refractivity contribution in [1.29, 1.82) is 0 Å². The smallest absolute Gasteiger partial charge is 0.327 e. The van der Waals surface area contributed by atoms with Gasteiger partial charge in [0.2, 0.25) is 0 Å². The predicted octanol–water partition coefficient (Wildman–Crippen LogP) is 5.25. The third-order valence-electron chi connectivity index (χ3n) is 3.59. The number of carboxylic acid groups (broad SMARTS) is 1. The first kappa shape index (κ1) is 20.2. The lowest BCUT2D eigenvalue weighted by Crippen LogP contribution is -1.91. The second-order valence-corrected chi connectivity index (χ2v) is 5.49. The summed E-state index contributed by atoms with van der Waals surface area (Å²) in [6, 6.07) is 5.79. The Labute approximate surface area is 134 Å². The summed E-state index contributed by atoms with van der Waals surface area (Å²) >= 11 is 0. The normalized spacial score (nSPS) is 9.73. The highest BCUT2D eigenvalue weighted by molar-refractivity contribution is 5.78. The van der Waals surface area contributed by atoms with Crippen LogP contribution in [-0.4, -0.2) is 16.2 Å². The molecule has 0 saturated heterocycles. The molecule has 0 bridgehead atoms. The Morgan fingerprint density at radius 2 is 1.68 bits per heavy atom. The van der Waals surface area contributed by atoms with Crippen LogP contribution in [0, 0.1) is 6.92 Å².